The minimum Gasteiger partial charge on any atom is -0.478 e. The smallest absolute Gasteiger partial charge is 0.337 e. The van der Waals surface area contributed by atoms with E-state index in [1.165, 1.54) is 0 Å². The van der Waals surface area contributed by atoms with Gasteiger partial charge in [-0.1, -0.05) is 15.9 Å². The SMILES string of the molecule is O=C(O)c1ccc(Br)cc1NCC1(CCO)CC1. The Morgan fingerprint density at radius 1 is 1.44 bits per heavy atom. The summed E-state index contributed by atoms with van der Waals surface area (Å²) in [5.74, 6) is -0.933. The number of aliphatic hydroxyl groups excluding tert-OH is 1. The van der Waals surface area contributed by atoms with Crippen LogP contribution in [0.2, 0.25) is 0 Å². The molecule has 0 atom stereocenters. The largest absolute Gasteiger partial charge is 0.478 e. The molecule has 2 rings (SSSR count). The van der Waals surface area contributed by atoms with E-state index < -0.39 is 5.97 Å². The molecule has 5 heteroatoms. The third-order valence-electron chi connectivity index (χ3n) is 3.47. The first-order chi connectivity index (χ1) is 8.56. The average Bonchev–Trinajstić information content (AvgIpc) is 3.07. The molecule has 98 valence electrons. The second-order valence-corrected chi connectivity index (χ2v) is 5.74. The molecule has 1 aliphatic carbocycles. The average molecular weight is 314 g/mol. The van der Waals surface area contributed by atoms with Crippen molar-refractivity contribution in [3.63, 3.8) is 0 Å². The van der Waals surface area contributed by atoms with Gasteiger partial charge in [0.1, 0.15) is 0 Å². The van der Waals surface area contributed by atoms with Crippen LogP contribution in [0.5, 0.6) is 0 Å². The molecule has 0 saturated heterocycles. The summed E-state index contributed by atoms with van der Waals surface area (Å²) in [6.07, 6.45) is 2.96. The van der Waals surface area contributed by atoms with Gasteiger partial charge < -0.3 is 15.5 Å². The van der Waals surface area contributed by atoms with Crippen LogP contribution in [0, 0.1) is 5.41 Å². The van der Waals surface area contributed by atoms with Crippen molar-refractivity contribution in [1.82, 2.24) is 0 Å². The summed E-state index contributed by atoms with van der Waals surface area (Å²) in [6, 6.07) is 5.08. The Morgan fingerprint density at radius 2 is 2.17 bits per heavy atom. The van der Waals surface area contributed by atoms with E-state index in [1.807, 2.05) is 0 Å². The third kappa shape index (κ3) is 3.03. The van der Waals surface area contributed by atoms with Gasteiger partial charge in [-0.05, 0) is 42.9 Å². The molecule has 0 spiro atoms. The summed E-state index contributed by atoms with van der Waals surface area (Å²) < 4.78 is 0.849. The molecule has 1 fully saturated rings. The van der Waals surface area contributed by atoms with Crippen LogP contribution in [0.15, 0.2) is 22.7 Å². The fourth-order valence-corrected chi connectivity index (χ4v) is 2.42. The monoisotopic (exact) mass is 313 g/mol. The number of benzene rings is 1. The van der Waals surface area contributed by atoms with Crippen molar-refractivity contribution < 1.29 is 15.0 Å². The zero-order valence-corrected chi connectivity index (χ0v) is 11.5. The molecular weight excluding hydrogens is 298 g/mol. The van der Waals surface area contributed by atoms with E-state index in [9.17, 15) is 4.79 Å². The lowest BCUT2D eigenvalue weighted by atomic mass is 10.0. The number of anilines is 1. The topological polar surface area (TPSA) is 69.6 Å². The molecular formula is C13H16BrNO3. The molecule has 0 heterocycles. The Balaban J connectivity index is 2.08. The molecule has 0 amide bonds. The van der Waals surface area contributed by atoms with Crippen LogP contribution < -0.4 is 5.32 Å². The molecule has 0 aliphatic heterocycles. The highest BCUT2D eigenvalue weighted by Crippen LogP contribution is 2.48. The van der Waals surface area contributed by atoms with Crippen LogP contribution in [0.1, 0.15) is 29.6 Å². The summed E-state index contributed by atoms with van der Waals surface area (Å²) in [4.78, 5) is 11.1. The lowest BCUT2D eigenvalue weighted by Gasteiger charge is -2.17. The maximum Gasteiger partial charge on any atom is 0.337 e. The minimum absolute atomic E-state index is 0.160. The number of carbonyl (C=O) groups is 1. The van der Waals surface area contributed by atoms with Gasteiger partial charge in [-0.2, -0.15) is 0 Å². The number of hydrogen-bond acceptors (Lipinski definition) is 3. The number of halogens is 1. The van der Waals surface area contributed by atoms with Gasteiger partial charge in [-0.25, -0.2) is 4.79 Å². The van der Waals surface area contributed by atoms with Crippen molar-refractivity contribution in [3.8, 4) is 0 Å². The van der Waals surface area contributed by atoms with E-state index >= 15 is 0 Å². The van der Waals surface area contributed by atoms with Crippen molar-refractivity contribution in [2.24, 2.45) is 5.41 Å². The number of aromatic carboxylic acids is 1. The summed E-state index contributed by atoms with van der Waals surface area (Å²) in [5, 5.41) is 21.3. The zero-order valence-electron chi connectivity index (χ0n) is 9.95. The Hall–Kier alpha value is -1.07. The number of carboxylic acid groups (broad SMARTS) is 1. The van der Waals surface area contributed by atoms with Crippen LogP contribution in [-0.4, -0.2) is 29.3 Å². The molecule has 1 saturated carbocycles. The van der Waals surface area contributed by atoms with Crippen LogP contribution in [0.25, 0.3) is 0 Å². The number of carboxylic acids is 1. The molecule has 0 radical (unpaired) electrons. The second kappa shape index (κ2) is 5.28. The zero-order chi connectivity index (χ0) is 13.2. The van der Waals surface area contributed by atoms with Crippen LogP contribution in [0.4, 0.5) is 5.69 Å². The Labute approximate surface area is 114 Å². The number of nitrogens with one attached hydrogen (secondary N) is 1. The number of rotatable bonds is 6. The molecule has 0 bridgehead atoms. The maximum atomic E-state index is 11.1. The third-order valence-corrected chi connectivity index (χ3v) is 3.96. The van der Waals surface area contributed by atoms with Gasteiger partial charge >= 0.3 is 5.97 Å². The van der Waals surface area contributed by atoms with Crippen molar-refractivity contribution in [1.29, 1.82) is 0 Å². The minimum atomic E-state index is -0.933. The van der Waals surface area contributed by atoms with E-state index in [1.54, 1.807) is 18.2 Å². The molecule has 1 aromatic rings. The van der Waals surface area contributed by atoms with Crippen molar-refractivity contribution in [3.05, 3.63) is 28.2 Å². The van der Waals surface area contributed by atoms with Crippen molar-refractivity contribution in [2.75, 3.05) is 18.5 Å². The van der Waals surface area contributed by atoms with Crippen molar-refractivity contribution >= 4 is 27.6 Å². The van der Waals surface area contributed by atoms with E-state index in [4.69, 9.17) is 10.2 Å². The lowest BCUT2D eigenvalue weighted by molar-refractivity contribution is 0.0698. The molecule has 0 unspecified atom stereocenters. The van der Waals surface area contributed by atoms with Crippen LogP contribution in [-0.2, 0) is 0 Å². The highest BCUT2D eigenvalue weighted by molar-refractivity contribution is 9.10. The standard InChI is InChI=1S/C13H16BrNO3/c14-9-1-2-10(12(17)18)11(7-9)15-8-13(3-4-13)5-6-16/h1-2,7,15-16H,3-6,8H2,(H,17,18). The fourth-order valence-electron chi connectivity index (χ4n) is 2.06. The van der Waals surface area contributed by atoms with Gasteiger partial charge in [0.15, 0.2) is 0 Å². The van der Waals surface area contributed by atoms with Gasteiger partial charge in [-0.15, -0.1) is 0 Å². The highest BCUT2D eigenvalue weighted by Gasteiger charge is 2.41. The summed E-state index contributed by atoms with van der Waals surface area (Å²) in [5.41, 5.74) is 1.06. The Kier molecular flexibility index (Phi) is 3.92. The van der Waals surface area contributed by atoms with Crippen LogP contribution in [0.3, 0.4) is 0 Å². The van der Waals surface area contributed by atoms with Gasteiger partial charge in [-0.3, -0.25) is 0 Å². The molecule has 3 N–H and O–H groups in total. The van der Waals surface area contributed by atoms with E-state index in [0.29, 0.717) is 12.2 Å². The highest BCUT2D eigenvalue weighted by atomic mass is 79.9. The van der Waals surface area contributed by atoms with Gasteiger partial charge in [0, 0.05) is 23.3 Å². The van der Waals surface area contributed by atoms with Gasteiger partial charge in [0.25, 0.3) is 0 Å². The molecule has 1 aliphatic rings. The molecule has 0 aromatic heterocycles. The predicted octanol–water partition coefficient (Wildman–Crippen LogP) is 2.72. The maximum absolute atomic E-state index is 11.1. The number of hydrogen-bond donors (Lipinski definition) is 3. The lowest BCUT2D eigenvalue weighted by Crippen LogP contribution is -2.18. The Bertz CT molecular complexity index is 458. The normalized spacial score (nSPS) is 16.3. The first kappa shape index (κ1) is 13.4. The first-order valence-corrected chi connectivity index (χ1v) is 6.73. The quantitative estimate of drug-likeness (QED) is 0.755. The van der Waals surface area contributed by atoms with Gasteiger partial charge in [0.05, 0.1) is 5.56 Å². The number of aliphatic hydroxyl groups is 1. The van der Waals surface area contributed by atoms with Crippen LogP contribution >= 0.6 is 15.9 Å². The second-order valence-electron chi connectivity index (χ2n) is 4.82. The van der Waals surface area contributed by atoms with E-state index in [0.717, 1.165) is 23.7 Å². The molecule has 1 aromatic carbocycles. The fraction of sp³-hybridized carbons (Fsp3) is 0.462. The summed E-state index contributed by atoms with van der Waals surface area (Å²) in [7, 11) is 0. The summed E-state index contributed by atoms with van der Waals surface area (Å²) in [6.45, 7) is 0.899. The Morgan fingerprint density at radius 3 is 2.72 bits per heavy atom. The van der Waals surface area contributed by atoms with E-state index in [2.05, 4.69) is 21.2 Å². The molecule has 4 nitrogen and oxygen atoms in total. The van der Waals surface area contributed by atoms with Crippen molar-refractivity contribution in [2.45, 2.75) is 19.3 Å². The molecule has 18 heavy (non-hydrogen) atoms. The van der Waals surface area contributed by atoms with E-state index in [-0.39, 0.29) is 17.6 Å². The first-order valence-electron chi connectivity index (χ1n) is 5.94. The van der Waals surface area contributed by atoms with Gasteiger partial charge in [0.2, 0.25) is 0 Å². The predicted molar refractivity (Wildman–Crippen MR) is 73.0 cm³/mol. The summed E-state index contributed by atoms with van der Waals surface area (Å²) >= 11 is 3.34.